The third-order valence-electron chi connectivity index (χ3n) is 5.60. The second kappa shape index (κ2) is 9.91. The van der Waals surface area contributed by atoms with Gasteiger partial charge in [0.15, 0.2) is 0 Å². The molecule has 36 heavy (non-hydrogen) atoms. The van der Waals surface area contributed by atoms with Crippen LogP contribution in [0.3, 0.4) is 0 Å². The van der Waals surface area contributed by atoms with E-state index in [-0.39, 0.29) is 23.2 Å². The third kappa shape index (κ3) is 5.45. The van der Waals surface area contributed by atoms with Crippen LogP contribution in [-0.4, -0.2) is 30.3 Å². The Kier molecular flexibility index (Phi) is 6.48. The summed E-state index contributed by atoms with van der Waals surface area (Å²) < 4.78 is 23.3. The van der Waals surface area contributed by atoms with E-state index in [0.29, 0.717) is 33.5 Å². The van der Waals surface area contributed by atoms with Crippen molar-refractivity contribution in [3.63, 3.8) is 0 Å². The molecule has 0 bridgehead atoms. The average Bonchev–Trinajstić information content (AvgIpc) is 3.58. The van der Waals surface area contributed by atoms with Crippen molar-refractivity contribution < 1.29 is 5.76 Å². The fraction of sp³-hybridized carbons (Fsp3) is 0.250. The van der Waals surface area contributed by atoms with Gasteiger partial charge in [-0.05, 0) is 42.7 Å². The quantitative estimate of drug-likeness (QED) is 0.239. The molecule has 1 atom stereocenters. The number of aromatic nitrogens is 4. The number of nitrogens with zero attached hydrogens (tertiary/aromatic N) is 5. The van der Waals surface area contributed by atoms with Gasteiger partial charge in [-0.3, -0.25) is 4.98 Å². The molecule has 4 aromatic rings. The van der Waals surface area contributed by atoms with Crippen molar-refractivity contribution in [3.8, 4) is 6.07 Å². The molecular formula is C24H18Cl4FN7. The van der Waals surface area contributed by atoms with E-state index in [1.165, 1.54) is 30.5 Å². The predicted octanol–water partition coefficient (Wildman–Crippen LogP) is 6.81. The van der Waals surface area contributed by atoms with Gasteiger partial charge in [0, 0.05) is 17.3 Å². The smallest absolute Gasteiger partial charge is 0.207 e. The number of halogens is 5. The molecule has 2 aromatic carbocycles. The van der Waals surface area contributed by atoms with E-state index in [0.717, 1.165) is 12.8 Å². The lowest BCUT2D eigenvalue weighted by molar-refractivity contribution is 0.610. The first-order chi connectivity index (χ1) is 17.6. The number of hydrogen-bond donors (Lipinski definition) is 2. The Balaban J connectivity index is 1.62. The van der Waals surface area contributed by atoms with Crippen molar-refractivity contribution in [1.29, 1.82) is 5.26 Å². The zero-order valence-corrected chi connectivity index (χ0v) is 21.5. The molecular weight excluding hydrogens is 547 g/mol. The van der Waals surface area contributed by atoms with Gasteiger partial charge in [-0.2, -0.15) is 5.26 Å². The third-order valence-corrected chi connectivity index (χ3v) is 6.29. The first kappa shape index (κ1) is 23.6. The first-order valence-electron chi connectivity index (χ1n) is 11.4. The van der Waals surface area contributed by atoms with Crippen LogP contribution in [0.4, 0.5) is 15.8 Å². The van der Waals surface area contributed by atoms with E-state index in [2.05, 4.69) is 32.0 Å². The Morgan fingerprint density at radius 3 is 2.67 bits per heavy atom. The maximum Gasteiger partial charge on any atom is 0.207 e. The molecule has 0 radical (unpaired) electrons. The van der Waals surface area contributed by atoms with Crippen LogP contribution < -0.4 is 10.6 Å². The van der Waals surface area contributed by atoms with Gasteiger partial charge >= 0.3 is 0 Å². The van der Waals surface area contributed by atoms with Gasteiger partial charge in [-0.1, -0.05) is 63.7 Å². The molecule has 5 rings (SSSR count). The normalized spacial score (nSPS) is 15.7. The second-order valence-corrected chi connectivity index (χ2v) is 11.2. The Morgan fingerprint density at radius 2 is 2.00 bits per heavy atom. The van der Waals surface area contributed by atoms with Crippen LogP contribution in [0.1, 0.15) is 43.1 Å². The van der Waals surface area contributed by atoms with Crippen LogP contribution in [0.5, 0.6) is 0 Å². The van der Waals surface area contributed by atoms with Crippen molar-refractivity contribution in [2.45, 2.75) is 28.7 Å². The fourth-order valence-corrected chi connectivity index (χ4v) is 4.22. The van der Waals surface area contributed by atoms with Crippen molar-refractivity contribution >= 4 is 68.7 Å². The van der Waals surface area contributed by atoms with Gasteiger partial charge in [0.1, 0.15) is 17.6 Å². The van der Waals surface area contributed by atoms with E-state index in [1.54, 1.807) is 23.0 Å². The summed E-state index contributed by atoms with van der Waals surface area (Å²) >= 11 is 24.3. The van der Waals surface area contributed by atoms with E-state index in [1.807, 2.05) is 0 Å². The standard InChI is InChI=1S/C24H18Cl4FN7/c25-19-8-16(7-18-21(32-12-24(26,27)28)14(9-30)10-31-23(18)19)33-22(13-1-3-15(29)4-2-13)20-11-36(35-34-20)17-5-6-17/h1-4,7-8,10-11,17,22,33H,5-6,12H2,(H,31,32)/t22-/m0/s1/i22D. The Morgan fingerprint density at radius 1 is 1.25 bits per heavy atom. The van der Waals surface area contributed by atoms with Crippen LogP contribution in [0.2, 0.25) is 5.02 Å². The molecule has 1 saturated carbocycles. The number of alkyl halides is 3. The lowest BCUT2D eigenvalue weighted by Gasteiger charge is -2.20. The van der Waals surface area contributed by atoms with Crippen molar-refractivity contribution in [1.82, 2.24) is 20.0 Å². The molecule has 0 saturated heterocycles. The molecule has 2 aromatic heterocycles. The van der Waals surface area contributed by atoms with Gasteiger partial charge in [0.2, 0.25) is 3.79 Å². The maximum absolute atomic E-state index is 13.7. The SMILES string of the molecule is [2H][C@](Nc1cc(Cl)c2ncc(C#N)c(NCC(Cl)(Cl)Cl)c2c1)(c1ccc(F)cc1)c1cn(C2CC2)nn1. The number of nitriles is 1. The zero-order valence-electron chi connectivity index (χ0n) is 19.4. The highest BCUT2D eigenvalue weighted by molar-refractivity contribution is 6.67. The van der Waals surface area contributed by atoms with Crippen LogP contribution >= 0.6 is 46.4 Å². The fourth-order valence-electron chi connectivity index (χ4n) is 3.75. The van der Waals surface area contributed by atoms with Crippen molar-refractivity contribution in [2.24, 2.45) is 0 Å². The van der Waals surface area contributed by atoms with Gasteiger partial charge < -0.3 is 10.6 Å². The molecule has 1 aliphatic carbocycles. The van der Waals surface area contributed by atoms with Crippen LogP contribution in [-0.2, 0) is 0 Å². The molecule has 12 heteroatoms. The minimum absolute atomic E-state index is 0.0804. The summed E-state index contributed by atoms with van der Waals surface area (Å²) in [6.45, 7) is -0.0804. The van der Waals surface area contributed by atoms with Crippen molar-refractivity contribution in [3.05, 3.63) is 76.5 Å². The summed E-state index contributed by atoms with van der Waals surface area (Å²) in [5.74, 6) is -0.429. The molecule has 0 amide bonds. The largest absolute Gasteiger partial charge is 0.379 e. The van der Waals surface area contributed by atoms with E-state index >= 15 is 0 Å². The number of nitrogens with one attached hydrogen (secondary N) is 2. The summed E-state index contributed by atoms with van der Waals surface area (Å²) in [6.07, 6.45) is 5.09. The molecule has 0 spiro atoms. The van der Waals surface area contributed by atoms with Crippen molar-refractivity contribution in [2.75, 3.05) is 17.2 Å². The van der Waals surface area contributed by atoms with Gasteiger partial charge in [0.25, 0.3) is 0 Å². The van der Waals surface area contributed by atoms with Gasteiger partial charge in [-0.15, -0.1) is 5.10 Å². The lowest BCUT2D eigenvalue weighted by atomic mass is 10.0. The average molecular weight is 566 g/mol. The van der Waals surface area contributed by atoms with Crippen LogP contribution in [0.15, 0.2) is 48.8 Å². The molecule has 1 fully saturated rings. The molecule has 2 N–H and O–H groups in total. The Bertz CT molecular complexity index is 1510. The second-order valence-electron chi connectivity index (χ2n) is 8.30. The highest BCUT2D eigenvalue weighted by Crippen LogP contribution is 2.38. The molecule has 0 aliphatic heterocycles. The highest BCUT2D eigenvalue weighted by Gasteiger charge is 2.27. The molecule has 0 unspecified atom stereocenters. The summed E-state index contributed by atoms with van der Waals surface area (Å²) in [5, 5.41) is 25.0. The number of rotatable bonds is 7. The molecule has 2 heterocycles. The molecule has 7 nitrogen and oxygen atoms in total. The Hall–Kier alpha value is -2.83. The summed E-state index contributed by atoms with van der Waals surface area (Å²) in [4.78, 5) is 4.31. The number of fused-ring (bicyclic) bond motifs is 1. The predicted molar refractivity (Wildman–Crippen MR) is 140 cm³/mol. The summed E-state index contributed by atoms with van der Waals surface area (Å²) in [6, 6.07) is 9.57. The number of benzene rings is 2. The molecule has 1 aliphatic rings. The topological polar surface area (TPSA) is 91.5 Å². The minimum atomic E-state index is -1.65. The lowest BCUT2D eigenvalue weighted by Crippen LogP contribution is -2.18. The zero-order chi connectivity index (χ0) is 26.4. The van der Waals surface area contributed by atoms with Crippen LogP contribution in [0.25, 0.3) is 10.9 Å². The maximum atomic E-state index is 13.7. The summed E-state index contributed by atoms with van der Waals surface area (Å²) in [7, 11) is 0. The van der Waals surface area contributed by atoms with E-state index < -0.39 is 15.6 Å². The first-order valence-corrected chi connectivity index (χ1v) is 12.4. The minimum Gasteiger partial charge on any atom is -0.379 e. The van der Waals surface area contributed by atoms with Gasteiger partial charge in [-0.25, -0.2) is 9.07 Å². The van der Waals surface area contributed by atoms with Gasteiger partial charge in [0.05, 0.1) is 48.0 Å². The number of pyridine rings is 1. The van der Waals surface area contributed by atoms with Crippen LogP contribution in [0, 0.1) is 17.1 Å². The van der Waals surface area contributed by atoms with E-state index in [4.69, 9.17) is 46.4 Å². The highest BCUT2D eigenvalue weighted by atomic mass is 35.6. The molecule has 184 valence electrons. The Labute approximate surface area is 227 Å². The number of hydrogen-bond acceptors (Lipinski definition) is 6. The summed E-state index contributed by atoms with van der Waals surface area (Å²) in [5.41, 5.74) is 2.19. The monoisotopic (exact) mass is 564 g/mol. The number of anilines is 2. The van der Waals surface area contributed by atoms with E-state index in [9.17, 15) is 11.0 Å².